The minimum absolute atomic E-state index is 0.270. The molecule has 1 aliphatic heterocycles. The van der Waals surface area contributed by atoms with Crippen LogP contribution in [0.2, 0.25) is 0 Å². The van der Waals surface area contributed by atoms with Gasteiger partial charge in [0.1, 0.15) is 11.0 Å². The monoisotopic (exact) mass is 343 g/mol. The molecule has 1 aromatic carbocycles. The number of carboxylic acids is 1. The molecule has 1 unspecified atom stereocenters. The molecule has 2 aromatic rings. The van der Waals surface area contributed by atoms with Gasteiger partial charge in [-0.15, -0.1) is 5.10 Å². The smallest absolute Gasteiger partial charge is 0.305 e. The molecule has 1 aliphatic rings. The maximum atomic E-state index is 12.5. The van der Waals surface area contributed by atoms with Crippen LogP contribution in [0.5, 0.6) is 0 Å². The molecule has 0 radical (unpaired) electrons. The third-order valence-electron chi connectivity index (χ3n) is 3.18. The molecule has 24 heavy (non-hydrogen) atoms. The second-order valence-electron chi connectivity index (χ2n) is 4.86. The number of aliphatic carboxylic acids is 1. The van der Waals surface area contributed by atoms with Gasteiger partial charge < -0.3 is 9.52 Å². The van der Waals surface area contributed by atoms with Gasteiger partial charge in [-0.2, -0.15) is 5.10 Å². The van der Waals surface area contributed by atoms with Crippen LogP contribution in [0.15, 0.2) is 63.3 Å². The standard InChI is InChI=1S/C16H13N3O4S/c20-14(21)9-13-15(22)19(11-5-2-1-3-6-11)16(24-13)18-17-10-12-7-4-8-23-12/h1-8,10,13H,9H2,(H,20,21). The largest absolute Gasteiger partial charge is 0.481 e. The van der Waals surface area contributed by atoms with Crippen LogP contribution in [-0.2, 0) is 9.59 Å². The van der Waals surface area contributed by atoms with E-state index in [0.29, 0.717) is 16.6 Å². The number of para-hydroxylation sites is 1. The lowest BCUT2D eigenvalue weighted by molar-refractivity contribution is -0.138. The molecule has 1 fully saturated rings. The fourth-order valence-corrected chi connectivity index (χ4v) is 3.22. The lowest BCUT2D eigenvalue weighted by Crippen LogP contribution is -2.32. The Bertz CT molecular complexity index is 787. The van der Waals surface area contributed by atoms with E-state index in [9.17, 15) is 9.59 Å². The second-order valence-corrected chi connectivity index (χ2v) is 6.03. The maximum Gasteiger partial charge on any atom is 0.305 e. The number of hydrogen-bond donors (Lipinski definition) is 1. The Labute approximate surface area is 141 Å². The lowest BCUT2D eigenvalue weighted by Gasteiger charge is -2.15. The first-order chi connectivity index (χ1) is 11.6. The Morgan fingerprint density at radius 2 is 2.08 bits per heavy atom. The van der Waals surface area contributed by atoms with Gasteiger partial charge in [-0.1, -0.05) is 30.0 Å². The van der Waals surface area contributed by atoms with Crippen LogP contribution in [0.4, 0.5) is 5.69 Å². The van der Waals surface area contributed by atoms with E-state index in [1.165, 1.54) is 17.4 Å². The molecule has 0 spiro atoms. The SMILES string of the molecule is O=C(O)CC1SC(=NN=Cc2ccco2)N(c2ccccc2)C1=O. The minimum Gasteiger partial charge on any atom is -0.481 e. The van der Waals surface area contributed by atoms with Gasteiger partial charge in [0.25, 0.3) is 0 Å². The summed E-state index contributed by atoms with van der Waals surface area (Å²) >= 11 is 1.09. The second kappa shape index (κ2) is 7.14. The van der Waals surface area contributed by atoms with Gasteiger partial charge >= 0.3 is 5.97 Å². The Hall–Kier alpha value is -2.87. The Kier molecular flexibility index (Phi) is 4.76. The fraction of sp³-hybridized carbons (Fsp3) is 0.125. The minimum atomic E-state index is -1.03. The van der Waals surface area contributed by atoms with Crippen LogP contribution in [0.25, 0.3) is 0 Å². The summed E-state index contributed by atoms with van der Waals surface area (Å²) in [6.45, 7) is 0. The summed E-state index contributed by atoms with van der Waals surface area (Å²) in [6, 6.07) is 12.4. The van der Waals surface area contributed by atoms with Crippen molar-refractivity contribution in [2.45, 2.75) is 11.7 Å². The van der Waals surface area contributed by atoms with Crippen LogP contribution >= 0.6 is 11.8 Å². The summed E-state index contributed by atoms with van der Waals surface area (Å²) in [5.74, 6) is -0.822. The van der Waals surface area contributed by atoms with E-state index in [1.54, 1.807) is 36.4 Å². The molecule has 7 nitrogen and oxygen atoms in total. The van der Waals surface area contributed by atoms with Gasteiger partial charge in [0.2, 0.25) is 5.91 Å². The summed E-state index contributed by atoms with van der Waals surface area (Å²) in [6.07, 6.45) is 2.67. The highest BCUT2D eigenvalue weighted by Gasteiger charge is 2.40. The molecule has 2 heterocycles. The van der Waals surface area contributed by atoms with Crippen molar-refractivity contribution in [2.24, 2.45) is 10.2 Å². The zero-order valence-corrected chi connectivity index (χ0v) is 13.2. The number of carboxylic acid groups (broad SMARTS) is 1. The number of furan rings is 1. The fourth-order valence-electron chi connectivity index (χ4n) is 2.14. The average molecular weight is 343 g/mol. The Morgan fingerprint density at radius 3 is 2.75 bits per heavy atom. The summed E-state index contributed by atoms with van der Waals surface area (Å²) in [5.41, 5.74) is 0.620. The predicted octanol–water partition coefficient (Wildman–Crippen LogP) is 2.59. The normalized spacial score (nSPS) is 19.5. The topological polar surface area (TPSA) is 95.5 Å². The van der Waals surface area contributed by atoms with Crippen LogP contribution in [0.3, 0.4) is 0 Å². The summed E-state index contributed by atoms with van der Waals surface area (Å²) < 4.78 is 5.12. The molecular formula is C16H13N3O4S. The highest BCUT2D eigenvalue weighted by molar-refractivity contribution is 8.16. The molecular weight excluding hydrogens is 330 g/mol. The predicted molar refractivity (Wildman–Crippen MR) is 91.3 cm³/mol. The third kappa shape index (κ3) is 3.54. The molecule has 3 rings (SSSR count). The number of amidine groups is 1. The highest BCUT2D eigenvalue weighted by Crippen LogP contribution is 2.33. The van der Waals surface area contributed by atoms with E-state index < -0.39 is 11.2 Å². The summed E-state index contributed by atoms with van der Waals surface area (Å²) in [5, 5.41) is 16.6. The first kappa shape index (κ1) is 16.0. The first-order valence-electron chi connectivity index (χ1n) is 7.07. The Balaban J connectivity index is 1.88. The number of thioether (sulfide) groups is 1. The number of hydrogen-bond acceptors (Lipinski definition) is 6. The zero-order valence-electron chi connectivity index (χ0n) is 12.4. The van der Waals surface area contributed by atoms with Gasteiger partial charge in [0.05, 0.1) is 24.6 Å². The maximum absolute atomic E-state index is 12.5. The number of amides is 1. The van der Waals surface area contributed by atoms with Crippen LogP contribution in [-0.4, -0.2) is 33.6 Å². The molecule has 0 saturated carbocycles. The van der Waals surface area contributed by atoms with Crippen LogP contribution in [0.1, 0.15) is 12.2 Å². The van der Waals surface area contributed by atoms with Crippen molar-refractivity contribution in [1.29, 1.82) is 0 Å². The van der Waals surface area contributed by atoms with Gasteiger partial charge in [-0.3, -0.25) is 14.5 Å². The first-order valence-corrected chi connectivity index (χ1v) is 7.95. The van der Waals surface area contributed by atoms with E-state index >= 15 is 0 Å². The molecule has 1 atom stereocenters. The number of anilines is 1. The number of benzene rings is 1. The van der Waals surface area contributed by atoms with Crippen molar-refractivity contribution in [3.8, 4) is 0 Å². The lowest BCUT2D eigenvalue weighted by atomic mass is 10.2. The summed E-state index contributed by atoms with van der Waals surface area (Å²) in [7, 11) is 0. The molecule has 1 N–H and O–H groups in total. The average Bonchev–Trinajstić information content (AvgIpc) is 3.17. The van der Waals surface area contributed by atoms with Crippen molar-refractivity contribution >= 4 is 40.7 Å². The quantitative estimate of drug-likeness (QED) is 0.665. The highest BCUT2D eigenvalue weighted by atomic mass is 32.2. The van der Waals surface area contributed by atoms with Gasteiger partial charge in [0.15, 0.2) is 5.17 Å². The van der Waals surface area contributed by atoms with Crippen molar-refractivity contribution in [3.63, 3.8) is 0 Å². The van der Waals surface area contributed by atoms with Crippen molar-refractivity contribution < 1.29 is 19.1 Å². The number of carbonyl (C=O) groups is 2. The van der Waals surface area contributed by atoms with Crippen LogP contribution < -0.4 is 4.90 Å². The van der Waals surface area contributed by atoms with E-state index in [4.69, 9.17) is 9.52 Å². The Morgan fingerprint density at radius 1 is 1.29 bits per heavy atom. The van der Waals surface area contributed by atoms with E-state index in [-0.39, 0.29) is 12.3 Å². The molecule has 1 amide bonds. The van der Waals surface area contributed by atoms with E-state index in [0.717, 1.165) is 11.8 Å². The number of carbonyl (C=O) groups excluding carboxylic acids is 1. The molecule has 0 aliphatic carbocycles. The van der Waals surface area contributed by atoms with Crippen molar-refractivity contribution in [3.05, 3.63) is 54.5 Å². The zero-order chi connectivity index (χ0) is 16.9. The van der Waals surface area contributed by atoms with Gasteiger partial charge in [-0.05, 0) is 24.3 Å². The number of nitrogens with zero attached hydrogens (tertiary/aromatic N) is 3. The van der Waals surface area contributed by atoms with Gasteiger partial charge in [0, 0.05) is 0 Å². The molecule has 1 saturated heterocycles. The molecule has 8 heteroatoms. The molecule has 122 valence electrons. The van der Waals surface area contributed by atoms with Crippen molar-refractivity contribution in [2.75, 3.05) is 4.90 Å². The third-order valence-corrected chi connectivity index (χ3v) is 4.31. The van der Waals surface area contributed by atoms with E-state index in [2.05, 4.69) is 10.2 Å². The van der Waals surface area contributed by atoms with Crippen molar-refractivity contribution in [1.82, 2.24) is 0 Å². The number of rotatable bonds is 5. The van der Waals surface area contributed by atoms with Gasteiger partial charge in [-0.25, -0.2) is 0 Å². The molecule has 1 aromatic heterocycles. The van der Waals surface area contributed by atoms with E-state index in [1.807, 2.05) is 6.07 Å². The van der Waals surface area contributed by atoms with Crippen LogP contribution in [0, 0.1) is 0 Å². The summed E-state index contributed by atoms with van der Waals surface area (Å²) in [4.78, 5) is 24.9. The molecule has 0 bridgehead atoms.